The van der Waals surface area contributed by atoms with Gasteiger partial charge >= 0.3 is 0 Å². The van der Waals surface area contributed by atoms with Gasteiger partial charge in [0.25, 0.3) is 5.91 Å². The number of fused-ring (bicyclic) bond motifs is 1. The fourth-order valence-electron chi connectivity index (χ4n) is 2.75. The predicted octanol–water partition coefficient (Wildman–Crippen LogP) is 2.98. The maximum absolute atomic E-state index is 12.5. The molecule has 6 nitrogen and oxygen atoms in total. The van der Waals surface area contributed by atoms with Crippen molar-refractivity contribution in [1.29, 1.82) is 0 Å². The van der Waals surface area contributed by atoms with E-state index in [0.717, 1.165) is 16.7 Å². The number of benzene rings is 1. The Hall–Kier alpha value is -3.28. The van der Waals surface area contributed by atoms with E-state index >= 15 is 0 Å². The summed E-state index contributed by atoms with van der Waals surface area (Å²) in [6.45, 7) is 0.378. The highest BCUT2D eigenvalue weighted by molar-refractivity contribution is 5.97. The van der Waals surface area contributed by atoms with E-state index in [9.17, 15) is 4.79 Å². The third-order valence-electron chi connectivity index (χ3n) is 3.95. The smallest absolute Gasteiger partial charge is 0.267 e. The van der Waals surface area contributed by atoms with Gasteiger partial charge in [-0.1, -0.05) is 18.2 Å². The lowest BCUT2D eigenvalue weighted by molar-refractivity contribution is 0.0944. The van der Waals surface area contributed by atoms with Gasteiger partial charge in [-0.15, -0.1) is 0 Å². The largest absolute Gasteiger partial charge is 0.467 e. The lowest BCUT2D eigenvalue weighted by Gasteiger charge is -2.15. The number of rotatable bonds is 5. The lowest BCUT2D eigenvalue weighted by atomic mass is 10.2. The summed E-state index contributed by atoms with van der Waals surface area (Å²) < 4.78 is 7.25. The summed E-state index contributed by atoms with van der Waals surface area (Å²) in [4.78, 5) is 15.6. The van der Waals surface area contributed by atoms with Gasteiger partial charge in [0.15, 0.2) is 0 Å². The zero-order valence-electron chi connectivity index (χ0n) is 12.8. The minimum atomic E-state index is -0.191. The fourth-order valence-corrected chi connectivity index (χ4v) is 2.75. The highest BCUT2D eigenvalue weighted by atomic mass is 16.3. The van der Waals surface area contributed by atoms with Gasteiger partial charge in [0.2, 0.25) is 0 Å². The molecule has 4 aromatic rings. The Morgan fingerprint density at radius 3 is 2.92 bits per heavy atom. The lowest BCUT2D eigenvalue weighted by Crippen LogP contribution is -2.31. The van der Waals surface area contributed by atoms with E-state index in [1.807, 2.05) is 54.7 Å². The van der Waals surface area contributed by atoms with Crippen molar-refractivity contribution < 1.29 is 9.21 Å². The molecule has 0 radical (unpaired) electrons. The molecule has 1 aromatic carbocycles. The molecule has 0 aliphatic carbocycles. The standard InChI is InChI=1S/C18H16N4O2/c23-18(15-11-13-5-1-2-6-14(13)21-15)19-12-16(17-7-3-10-24-17)22-9-4-8-20-22/h1-11,16,21H,12H2,(H,19,23)/t16-/m1/s1. The highest BCUT2D eigenvalue weighted by Gasteiger charge is 2.19. The maximum atomic E-state index is 12.5. The van der Waals surface area contributed by atoms with Crippen LogP contribution >= 0.6 is 0 Å². The number of aromatic nitrogens is 3. The highest BCUT2D eigenvalue weighted by Crippen LogP contribution is 2.18. The number of para-hydroxylation sites is 1. The minimum Gasteiger partial charge on any atom is -0.467 e. The Labute approximate surface area is 138 Å². The first-order valence-corrected chi connectivity index (χ1v) is 7.70. The van der Waals surface area contributed by atoms with Crippen molar-refractivity contribution in [1.82, 2.24) is 20.1 Å². The Morgan fingerprint density at radius 1 is 1.25 bits per heavy atom. The quantitative estimate of drug-likeness (QED) is 0.593. The molecule has 0 unspecified atom stereocenters. The van der Waals surface area contributed by atoms with Crippen molar-refractivity contribution in [2.45, 2.75) is 6.04 Å². The van der Waals surface area contributed by atoms with Gasteiger partial charge in [-0.05, 0) is 30.3 Å². The number of aromatic amines is 1. The summed E-state index contributed by atoms with van der Waals surface area (Å²) in [7, 11) is 0. The number of nitrogens with zero attached hydrogens (tertiary/aromatic N) is 2. The summed E-state index contributed by atoms with van der Waals surface area (Å²) in [5, 5.41) is 8.21. The molecular weight excluding hydrogens is 304 g/mol. The van der Waals surface area contributed by atoms with E-state index in [2.05, 4.69) is 15.4 Å². The second-order valence-corrected chi connectivity index (χ2v) is 5.50. The van der Waals surface area contributed by atoms with E-state index < -0.39 is 0 Å². The van der Waals surface area contributed by atoms with Crippen LogP contribution in [0.5, 0.6) is 0 Å². The molecule has 1 amide bonds. The molecule has 0 saturated heterocycles. The van der Waals surface area contributed by atoms with Crippen molar-refractivity contribution in [3.63, 3.8) is 0 Å². The molecule has 4 rings (SSSR count). The number of furan rings is 1. The van der Waals surface area contributed by atoms with Gasteiger partial charge in [-0.25, -0.2) is 0 Å². The summed E-state index contributed by atoms with van der Waals surface area (Å²) in [5.41, 5.74) is 1.48. The molecule has 3 aromatic heterocycles. The third-order valence-corrected chi connectivity index (χ3v) is 3.95. The number of hydrogen-bond acceptors (Lipinski definition) is 3. The second-order valence-electron chi connectivity index (χ2n) is 5.50. The van der Waals surface area contributed by atoms with Gasteiger partial charge in [0.05, 0.1) is 6.26 Å². The SMILES string of the molecule is O=C(NC[C@H](c1ccco1)n1cccn1)c1cc2ccccc2[nH]1. The number of hydrogen-bond donors (Lipinski definition) is 2. The average Bonchev–Trinajstić information content (AvgIpc) is 3.35. The van der Waals surface area contributed by atoms with E-state index in [0.29, 0.717) is 12.2 Å². The maximum Gasteiger partial charge on any atom is 0.267 e. The van der Waals surface area contributed by atoms with Gasteiger partial charge in [-0.3, -0.25) is 9.48 Å². The van der Waals surface area contributed by atoms with Crippen molar-refractivity contribution >= 4 is 16.8 Å². The second kappa shape index (κ2) is 6.08. The predicted molar refractivity (Wildman–Crippen MR) is 89.7 cm³/mol. The van der Waals surface area contributed by atoms with Crippen LogP contribution in [0, 0.1) is 0 Å². The molecule has 0 fully saturated rings. The Balaban J connectivity index is 1.52. The molecule has 3 heterocycles. The van der Waals surface area contributed by atoms with Gasteiger partial charge in [0, 0.05) is 29.8 Å². The number of nitrogens with one attached hydrogen (secondary N) is 2. The number of carbonyl (C=O) groups excluding carboxylic acids is 1. The van der Waals surface area contributed by atoms with Crippen LogP contribution in [0.2, 0.25) is 0 Å². The number of carbonyl (C=O) groups is 1. The monoisotopic (exact) mass is 320 g/mol. The Bertz CT molecular complexity index is 871. The van der Waals surface area contributed by atoms with Crippen LogP contribution in [0.3, 0.4) is 0 Å². The first-order valence-electron chi connectivity index (χ1n) is 7.70. The van der Waals surface area contributed by atoms with E-state index in [1.54, 1.807) is 17.1 Å². The van der Waals surface area contributed by atoms with Gasteiger partial charge in [-0.2, -0.15) is 5.10 Å². The molecule has 0 bridgehead atoms. The van der Waals surface area contributed by atoms with E-state index in [4.69, 9.17) is 4.42 Å². The fraction of sp³-hybridized carbons (Fsp3) is 0.111. The summed E-state index contributed by atoms with van der Waals surface area (Å²) >= 11 is 0. The van der Waals surface area contributed by atoms with E-state index in [1.165, 1.54) is 0 Å². The molecule has 6 heteroatoms. The van der Waals surface area contributed by atoms with Crippen molar-refractivity contribution in [2.75, 3.05) is 6.54 Å². The van der Waals surface area contributed by atoms with Crippen molar-refractivity contribution in [2.24, 2.45) is 0 Å². The zero-order valence-corrected chi connectivity index (χ0v) is 12.8. The normalized spacial score (nSPS) is 12.3. The molecule has 0 aliphatic rings. The van der Waals surface area contributed by atoms with Crippen LogP contribution in [-0.4, -0.2) is 27.2 Å². The summed E-state index contributed by atoms with van der Waals surface area (Å²) in [6, 6.07) is 15.0. The van der Waals surface area contributed by atoms with Crippen LogP contribution in [0.1, 0.15) is 22.3 Å². The first kappa shape index (κ1) is 14.3. The molecular formula is C18H16N4O2. The topological polar surface area (TPSA) is 75.8 Å². The molecule has 0 spiro atoms. The minimum absolute atomic E-state index is 0.157. The van der Waals surface area contributed by atoms with Crippen LogP contribution < -0.4 is 5.32 Å². The molecule has 24 heavy (non-hydrogen) atoms. The summed E-state index contributed by atoms with van der Waals surface area (Å²) in [5.74, 6) is 0.588. The third kappa shape index (κ3) is 2.69. The van der Waals surface area contributed by atoms with Crippen molar-refractivity contribution in [3.8, 4) is 0 Å². The average molecular weight is 320 g/mol. The van der Waals surface area contributed by atoms with Crippen LogP contribution in [0.15, 0.2) is 71.6 Å². The first-order chi connectivity index (χ1) is 11.8. The zero-order chi connectivity index (χ0) is 16.4. The summed E-state index contributed by atoms with van der Waals surface area (Å²) in [6.07, 6.45) is 5.17. The molecule has 120 valence electrons. The van der Waals surface area contributed by atoms with Crippen molar-refractivity contribution in [3.05, 3.63) is 78.6 Å². The molecule has 1 atom stereocenters. The van der Waals surface area contributed by atoms with Crippen LogP contribution in [0.25, 0.3) is 10.9 Å². The molecule has 2 N–H and O–H groups in total. The number of H-pyrrole nitrogens is 1. The van der Waals surface area contributed by atoms with Crippen LogP contribution in [-0.2, 0) is 0 Å². The van der Waals surface area contributed by atoms with Gasteiger partial charge in [0.1, 0.15) is 17.5 Å². The molecule has 0 saturated carbocycles. The van der Waals surface area contributed by atoms with E-state index in [-0.39, 0.29) is 11.9 Å². The Morgan fingerprint density at radius 2 is 2.17 bits per heavy atom. The van der Waals surface area contributed by atoms with Crippen LogP contribution in [0.4, 0.5) is 0 Å². The number of amides is 1. The molecule has 0 aliphatic heterocycles. The van der Waals surface area contributed by atoms with Gasteiger partial charge < -0.3 is 14.7 Å². The Kier molecular flexibility index (Phi) is 3.63.